The van der Waals surface area contributed by atoms with Crippen LogP contribution in [0.3, 0.4) is 0 Å². The predicted octanol–water partition coefficient (Wildman–Crippen LogP) is 3.99. The van der Waals surface area contributed by atoms with Crippen molar-refractivity contribution in [1.29, 1.82) is 0 Å². The molecule has 1 aromatic rings. The van der Waals surface area contributed by atoms with Crippen molar-refractivity contribution >= 4 is 0 Å². The third-order valence-electron chi connectivity index (χ3n) is 2.14. The van der Waals surface area contributed by atoms with Gasteiger partial charge in [0.25, 0.3) is 0 Å². The van der Waals surface area contributed by atoms with E-state index in [4.69, 9.17) is 0 Å². The van der Waals surface area contributed by atoms with Gasteiger partial charge in [0.15, 0.2) is 0 Å². The molecule has 0 spiro atoms. The first-order valence-electron chi connectivity index (χ1n) is 5.02. The van der Waals surface area contributed by atoms with Crippen LogP contribution in [-0.2, 0) is 12.8 Å². The molecule has 84 valence electrons. The second-order valence-corrected chi connectivity index (χ2v) is 4.16. The van der Waals surface area contributed by atoms with Gasteiger partial charge in [-0.15, -0.1) is 0 Å². The van der Waals surface area contributed by atoms with Gasteiger partial charge in [-0.25, -0.2) is 0 Å². The molecule has 0 saturated carbocycles. The quantitative estimate of drug-likeness (QED) is 0.716. The van der Waals surface area contributed by atoms with Gasteiger partial charge in [-0.3, -0.25) is 0 Å². The summed E-state index contributed by atoms with van der Waals surface area (Å²) < 4.78 is 36.8. The van der Waals surface area contributed by atoms with Crippen molar-refractivity contribution in [3.63, 3.8) is 0 Å². The normalized spacial score (nSPS) is 12.1. The van der Waals surface area contributed by atoms with Gasteiger partial charge >= 0.3 is 6.18 Å². The Morgan fingerprint density at radius 2 is 1.60 bits per heavy atom. The minimum atomic E-state index is -4.12. The molecule has 0 atom stereocenters. The lowest BCUT2D eigenvalue weighted by Crippen LogP contribution is -2.13. The molecule has 0 fully saturated rings. The average molecular weight is 216 g/mol. The van der Waals surface area contributed by atoms with Gasteiger partial charge in [0, 0.05) is 0 Å². The number of hydrogen-bond donors (Lipinski definition) is 0. The molecule has 0 radical (unpaired) electrons. The molecule has 0 aliphatic rings. The van der Waals surface area contributed by atoms with E-state index in [1.54, 1.807) is 24.3 Å². The number of rotatable bonds is 3. The highest BCUT2D eigenvalue weighted by molar-refractivity contribution is 5.28. The molecule has 15 heavy (non-hydrogen) atoms. The van der Waals surface area contributed by atoms with E-state index in [-0.39, 0.29) is 0 Å². The van der Waals surface area contributed by atoms with E-state index in [9.17, 15) is 13.2 Å². The second-order valence-electron chi connectivity index (χ2n) is 4.16. The maximum Gasteiger partial charge on any atom is 0.393 e. The Bertz CT molecular complexity index is 313. The van der Waals surface area contributed by atoms with Crippen LogP contribution in [-0.4, -0.2) is 6.18 Å². The largest absolute Gasteiger partial charge is 0.393 e. The Morgan fingerprint density at radius 1 is 1.07 bits per heavy atom. The standard InChI is InChI=1S/C12H15F3/c1-9(2)7-10-5-3-4-6-11(10)8-12(13,14)15/h3-6,9H,7-8H2,1-2H3. The van der Waals surface area contributed by atoms with Gasteiger partial charge < -0.3 is 0 Å². The van der Waals surface area contributed by atoms with Crippen LogP contribution in [0.4, 0.5) is 13.2 Å². The first-order chi connectivity index (χ1) is 6.88. The Kier molecular flexibility index (Phi) is 3.77. The molecule has 0 N–H and O–H groups in total. The molecular weight excluding hydrogens is 201 g/mol. The molecule has 1 rings (SSSR count). The van der Waals surface area contributed by atoms with Gasteiger partial charge in [-0.2, -0.15) is 13.2 Å². The van der Waals surface area contributed by atoms with E-state index in [1.165, 1.54) is 0 Å². The lowest BCUT2D eigenvalue weighted by Gasteiger charge is -2.13. The minimum absolute atomic E-state index is 0.374. The molecule has 0 bridgehead atoms. The Balaban J connectivity index is 2.86. The molecule has 0 heterocycles. The molecule has 1 aromatic carbocycles. The zero-order valence-electron chi connectivity index (χ0n) is 8.93. The fraction of sp³-hybridized carbons (Fsp3) is 0.500. The molecule has 0 saturated heterocycles. The summed E-state index contributed by atoms with van der Waals surface area (Å²) in [5.74, 6) is 0.374. The van der Waals surface area contributed by atoms with Crippen LogP contribution >= 0.6 is 0 Å². The van der Waals surface area contributed by atoms with E-state index in [2.05, 4.69) is 0 Å². The van der Waals surface area contributed by atoms with E-state index in [0.717, 1.165) is 5.56 Å². The number of benzene rings is 1. The maximum atomic E-state index is 12.3. The second kappa shape index (κ2) is 4.69. The van der Waals surface area contributed by atoms with Crippen molar-refractivity contribution in [2.75, 3.05) is 0 Å². The van der Waals surface area contributed by atoms with Crippen LogP contribution in [0.2, 0.25) is 0 Å². The molecule has 0 aromatic heterocycles. The van der Waals surface area contributed by atoms with Crippen LogP contribution in [0.5, 0.6) is 0 Å². The lowest BCUT2D eigenvalue weighted by atomic mass is 9.96. The van der Waals surface area contributed by atoms with E-state index in [0.29, 0.717) is 17.9 Å². The molecule has 0 amide bonds. The van der Waals surface area contributed by atoms with Crippen molar-refractivity contribution < 1.29 is 13.2 Å². The molecular formula is C12H15F3. The summed E-state index contributed by atoms with van der Waals surface area (Å²) >= 11 is 0. The fourth-order valence-electron chi connectivity index (χ4n) is 1.58. The summed E-state index contributed by atoms with van der Waals surface area (Å²) in [7, 11) is 0. The smallest absolute Gasteiger partial charge is 0.171 e. The van der Waals surface area contributed by atoms with Crippen molar-refractivity contribution in [2.45, 2.75) is 32.9 Å². The van der Waals surface area contributed by atoms with E-state index in [1.807, 2.05) is 13.8 Å². The van der Waals surface area contributed by atoms with Crippen molar-refractivity contribution in [1.82, 2.24) is 0 Å². The van der Waals surface area contributed by atoms with Crippen molar-refractivity contribution in [3.8, 4) is 0 Å². The van der Waals surface area contributed by atoms with E-state index < -0.39 is 12.6 Å². The first-order valence-corrected chi connectivity index (χ1v) is 5.02. The van der Waals surface area contributed by atoms with E-state index >= 15 is 0 Å². The summed E-state index contributed by atoms with van der Waals surface area (Å²) in [6.07, 6.45) is -4.24. The number of alkyl halides is 3. The Labute approximate surface area is 88.1 Å². The average Bonchev–Trinajstić information content (AvgIpc) is 2.05. The first kappa shape index (κ1) is 12.1. The molecule has 0 unspecified atom stereocenters. The summed E-state index contributed by atoms with van der Waals surface area (Å²) in [5, 5.41) is 0. The number of hydrogen-bond acceptors (Lipinski definition) is 0. The van der Waals surface area contributed by atoms with Crippen LogP contribution < -0.4 is 0 Å². The van der Waals surface area contributed by atoms with Crippen LogP contribution in [0, 0.1) is 5.92 Å². The predicted molar refractivity (Wildman–Crippen MR) is 54.7 cm³/mol. The van der Waals surface area contributed by atoms with Gasteiger partial charge in [-0.05, 0) is 23.5 Å². The zero-order valence-corrected chi connectivity index (χ0v) is 8.93. The topological polar surface area (TPSA) is 0 Å². The summed E-state index contributed by atoms with van der Waals surface area (Å²) in [6, 6.07) is 6.79. The molecule has 3 heteroatoms. The summed E-state index contributed by atoms with van der Waals surface area (Å²) in [4.78, 5) is 0. The molecule has 0 nitrogen and oxygen atoms in total. The third-order valence-corrected chi connectivity index (χ3v) is 2.14. The highest BCUT2D eigenvalue weighted by Crippen LogP contribution is 2.24. The minimum Gasteiger partial charge on any atom is -0.171 e. The third kappa shape index (κ3) is 4.36. The highest BCUT2D eigenvalue weighted by Gasteiger charge is 2.28. The fourth-order valence-corrected chi connectivity index (χ4v) is 1.58. The SMILES string of the molecule is CC(C)Cc1ccccc1CC(F)(F)F. The zero-order chi connectivity index (χ0) is 11.5. The Morgan fingerprint density at radius 3 is 2.07 bits per heavy atom. The summed E-state index contributed by atoms with van der Waals surface area (Å²) in [6.45, 7) is 4.01. The van der Waals surface area contributed by atoms with Crippen LogP contribution in [0.15, 0.2) is 24.3 Å². The van der Waals surface area contributed by atoms with Gasteiger partial charge in [0.05, 0.1) is 6.42 Å². The van der Waals surface area contributed by atoms with Crippen molar-refractivity contribution in [2.24, 2.45) is 5.92 Å². The van der Waals surface area contributed by atoms with Crippen molar-refractivity contribution in [3.05, 3.63) is 35.4 Å². The van der Waals surface area contributed by atoms with Gasteiger partial charge in [-0.1, -0.05) is 38.1 Å². The maximum absolute atomic E-state index is 12.3. The lowest BCUT2D eigenvalue weighted by molar-refractivity contribution is -0.127. The van der Waals surface area contributed by atoms with Crippen LogP contribution in [0.1, 0.15) is 25.0 Å². The van der Waals surface area contributed by atoms with Gasteiger partial charge in [0.2, 0.25) is 0 Å². The monoisotopic (exact) mass is 216 g/mol. The van der Waals surface area contributed by atoms with Crippen LogP contribution in [0.25, 0.3) is 0 Å². The number of halogens is 3. The summed E-state index contributed by atoms with van der Waals surface area (Å²) in [5.41, 5.74) is 1.21. The molecule has 0 aliphatic carbocycles. The van der Waals surface area contributed by atoms with Gasteiger partial charge in [0.1, 0.15) is 0 Å². The Hall–Kier alpha value is -0.990. The molecule has 0 aliphatic heterocycles. The highest BCUT2D eigenvalue weighted by atomic mass is 19.4.